The van der Waals surface area contributed by atoms with E-state index in [1.165, 1.54) is 6.08 Å². The van der Waals surface area contributed by atoms with Gasteiger partial charge in [-0.2, -0.15) is 0 Å². The predicted molar refractivity (Wildman–Crippen MR) is 117 cm³/mol. The molecule has 0 aliphatic rings. The van der Waals surface area contributed by atoms with Crippen LogP contribution in [0.25, 0.3) is 16.8 Å². The zero-order valence-corrected chi connectivity index (χ0v) is 17.0. The van der Waals surface area contributed by atoms with Crippen LogP contribution in [0, 0.1) is 0 Å². The minimum atomic E-state index is -0.576. The SMILES string of the molecule is COc1ccc2cc(/C=C/C(=O)OCC(=O)Nc3cccc(SC)c3)ccc2c1. The third-order valence-corrected chi connectivity index (χ3v) is 4.91. The first kappa shape index (κ1) is 20.5. The standard InChI is InChI=1S/C23H21NO4S/c1-27-20-10-9-17-12-16(6-8-18(17)13-20)7-11-23(26)28-15-22(25)24-19-4-3-5-21(14-19)29-2/h3-14H,15H2,1-2H3,(H,24,25)/b11-7+. The Morgan fingerprint density at radius 2 is 1.83 bits per heavy atom. The molecule has 0 unspecified atom stereocenters. The van der Waals surface area contributed by atoms with Gasteiger partial charge in [-0.25, -0.2) is 4.79 Å². The van der Waals surface area contributed by atoms with E-state index in [0.717, 1.165) is 27.0 Å². The number of hydrogen-bond acceptors (Lipinski definition) is 5. The highest BCUT2D eigenvalue weighted by Crippen LogP contribution is 2.22. The maximum Gasteiger partial charge on any atom is 0.331 e. The molecule has 3 aromatic rings. The predicted octanol–water partition coefficient (Wildman–Crippen LogP) is 4.77. The summed E-state index contributed by atoms with van der Waals surface area (Å²) in [5, 5.41) is 4.79. The van der Waals surface area contributed by atoms with Crippen LogP contribution in [-0.4, -0.2) is 31.8 Å². The average molecular weight is 407 g/mol. The number of anilines is 1. The molecule has 0 fully saturated rings. The van der Waals surface area contributed by atoms with Crippen molar-refractivity contribution in [1.29, 1.82) is 0 Å². The summed E-state index contributed by atoms with van der Waals surface area (Å²) in [6.45, 7) is -0.343. The van der Waals surface area contributed by atoms with Crippen LogP contribution in [0.2, 0.25) is 0 Å². The molecule has 1 amide bonds. The van der Waals surface area contributed by atoms with Crippen LogP contribution in [0.1, 0.15) is 5.56 Å². The molecule has 1 N–H and O–H groups in total. The smallest absolute Gasteiger partial charge is 0.331 e. The van der Waals surface area contributed by atoms with E-state index in [2.05, 4.69) is 5.32 Å². The quantitative estimate of drug-likeness (QED) is 0.347. The van der Waals surface area contributed by atoms with Gasteiger partial charge in [-0.3, -0.25) is 4.79 Å². The van der Waals surface area contributed by atoms with Gasteiger partial charge >= 0.3 is 5.97 Å². The Balaban J connectivity index is 1.53. The van der Waals surface area contributed by atoms with Crippen LogP contribution in [0.15, 0.2) is 71.6 Å². The van der Waals surface area contributed by atoms with Crippen molar-refractivity contribution in [2.75, 3.05) is 25.3 Å². The fraction of sp³-hybridized carbons (Fsp3) is 0.130. The summed E-state index contributed by atoms with van der Waals surface area (Å²) < 4.78 is 10.2. The molecule has 0 saturated carbocycles. The number of esters is 1. The topological polar surface area (TPSA) is 64.6 Å². The number of thioether (sulfide) groups is 1. The van der Waals surface area contributed by atoms with E-state index in [0.29, 0.717) is 5.69 Å². The lowest BCUT2D eigenvalue weighted by Crippen LogP contribution is -2.20. The maximum atomic E-state index is 12.0. The zero-order valence-electron chi connectivity index (χ0n) is 16.2. The molecule has 5 nitrogen and oxygen atoms in total. The van der Waals surface area contributed by atoms with Crippen molar-refractivity contribution >= 4 is 46.2 Å². The summed E-state index contributed by atoms with van der Waals surface area (Å²) in [7, 11) is 1.63. The van der Waals surface area contributed by atoms with E-state index in [-0.39, 0.29) is 12.5 Å². The van der Waals surface area contributed by atoms with Crippen LogP contribution >= 0.6 is 11.8 Å². The molecule has 0 spiro atoms. The van der Waals surface area contributed by atoms with Gasteiger partial charge < -0.3 is 14.8 Å². The highest BCUT2D eigenvalue weighted by atomic mass is 32.2. The van der Waals surface area contributed by atoms with Gasteiger partial charge in [-0.1, -0.05) is 24.3 Å². The molecule has 6 heteroatoms. The Morgan fingerprint density at radius 1 is 1.03 bits per heavy atom. The number of nitrogens with one attached hydrogen (secondary N) is 1. The van der Waals surface area contributed by atoms with Crippen LogP contribution in [0.3, 0.4) is 0 Å². The molecule has 148 valence electrons. The van der Waals surface area contributed by atoms with E-state index in [1.54, 1.807) is 31.0 Å². The molecule has 0 aromatic heterocycles. The van der Waals surface area contributed by atoms with Gasteiger partial charge in [0.05, 0.1) is 7.11 Å². The third-order valence-electron chi connectivity index (χ3n) is 4.18. The number of carbonyl (C=O) groups is 2. The summed E-state index contributed by atoms with van der Waals surface area (Å²) in [5.41, 5.74) is 1.53. The summed E-state index contributed by atoms with van der Waals surface area (Å²) in [5.74, 6) is -0.166. The zero-order chi connectivity index (χ0) is 20.6. The summed E-state index contributed by atoms with van der Waals surface area (Å²) in [6, 6.07) is 19.1. The van der Waals surface area contributed by atoms with Gasteiger partial charge in [0.15, 0.2) is 6.61 Å². The maximum absolute atomic E-state index is 12.0. The number of ether oxygens (including phenoxy) is 2. The minimum absolute atomic E-state index is 0.343. The second kappa shape index (κ2) is 9.80. The van der Waals surface area contributed by atoms with E-state index in [1.807, 2.05) is 60.9 Å². The molecule has 0 aliphatic carbocycles. The summed E-state index contributed by atoms with van der Waals surface area (Å²) in [4.78, 5) is 24.9. The van der Waals surface area contributed by atoms with Crippen molar-refractivity contribution < 1.29 is 19.1 Å². The van der Waals surface area contributed by atoms with Crippen molar-refractivity contribution in [3.63, 3.8) is 0 Å². The Bertz CT molecular complexity index is 1060. The molecule has 0 aliphatic heterocycles. The van der Waals surface area contributed by atoms with Gasteiger partial charge in [0.1, 0.15) is 5.75 Å². The van der Waals surface area contributed by atoms with Crippen molar-refractivity contribution in [1.82, 2.24) is 0 Å². The molecule has 0 bridgehead atoms. The fourth-order valence-corrected chi connectivity index (χ4v) is 3.18. The van der Waals surface area contributed by atoms with Crippen LogP contribution in [-0.2, 0) is 14.3 Å². The van der Waals surface area contributed by atoms with Crippen LogP contribution < -0.4 is 10.1 Å². The minimum Gasteiger partial charge on any atom is -0.497 e. The molecule has 0 atom stereocenters. The van der Waals surface area contributed by atoms with Crippen molar-refractivity contribution in [2.45, 2.75) is 4.90 Å². The number of methoxy groups -OCH3 is 1. The number of carbonyl (C=O) groups excluding carboxylic acids is 2. The molecule has 0 radical (unpaired) electrons. The summed E-state index contributed by atoms with van der Waals surface area (Å²) >= 11 is 1.58. The van der Waals surface area contributed by atoms with Crippen molar-refractivity contribution in [3.05, 3.63) is 72.3 Å². The normalized spacial score (nSPS) is 10.8. The van der Waals surface area contributed by atoms with Gasteiger partial charge in [0.2, 0.25) is 0 Å². The Morgan fingerprint density at radius 3 is 2.62 bits per heavy atom. The highest BCUT2D eigenvalue weighted by Gasteiger charge is 2.06. The first-order chi connectivity index (χ1) is 14.1. The Kier molecular flexibility index (Phi) is 6.92. The largest absolute Gasteiger partial charge is 0.497 e. The average Bonchev–Trinajstić information content (AvgIpc) is 2.75. The number of benzene rings is 3. The van der Waals surface area contributed by atoms with Crippen LogP contribution in [0.4, 0.5) is 5.69 Å². The monoisotopic (exact) mass is 407 g/mol. The Labute approximate surface area is 173 Å². The second-order valence-electron chi connectivity index (χ2n) is 6.19. The highest BCUT2D eigenvalue weighted by molar-refractivity contribution is 7.98. The van der Waals surface area contributed by atoms with E-state index in [4.69, 9.17) is 9.47 Å². The number of rotatable bonds is 7. The van der Waals surface area contributed by atoms with E-state index < -0.39 is 5.97 Å². The van der Waals surface area contributed by atoms with Crippen molar-refractivity contribution in [3.8, 4) is 5.75 Å². The third kappa shape index (κ3) is 5.86. The summed E-state index contributed by atoms with van der Waals surface area (Å²) in [6.07, 6.45) is 4.93. The molecular weight excluding hydrogens is 386 g/mol. The second-order valence-corrected chi connectivity index (χ2v) is 7.07. The fourth-order valence-electron chi connectivity index (χ4n) is 2.72. The molecule has 0 saturated heterocycles. The van der Waals surface area contributed by atoms with Crippen molar-refractivity contribution in [2.24, 2.45) is 0 Å². The van der Waals surface area contributed by atoms with Gasteiger partial charge in [-0.15, -0.1) is 11.8 Å². The first-order valence-electron chi connectivity index (χ1n) is 8.94. The van der Waals surface area contributed by atoms with E-state index in [9.17, 15) is 9.59 Å². The number of amides is 1. The van der Waals surface area contributed by atoms with Gasteiger partial charge in [-0.05, 0) is 65.1 Å². The lowest BCUT2D eigenvalue weighted by Gasteiger charge is -2.06. The Hall–Kier alpha value is -3.25. The first-order valence-corrected chi connectivity index (χ1v) is 10.2. The van der Waals surface area contributed by atoms with Crippen LogP contribution in [0.5, 0.6) is 5.75 Å². The van der Waals surface area contributed by atoms with Gasteiger partial charge in [0, 0.05) is 16.7 Å². The molecule has 3 aromatic carbocycles. The number of fused-ring (bicyclic) bond motifs is 1. The molecule has 0 heterocycles. The number of hydrogen-bond donors (Lipinski definition) is 1. The lowest BCUT2D eigenvalue weighted by atomic mass is 10.1. The lowest BCUT2D eigenvalue weighted by molar-refractivity contribution is -0.142. The van der Waals surface area contributed by atoms with Gasteiger partial charge in [0.25, 0.3) is 5.91 Å². The molecule has 3 rings (SSSR count). The van der Waals surface area contributed by atoms with E-state index >= 15 is 0 Å². The molecule has 29 heavy (non-hydrogen) atoms. The molecular formula is C23H21NO4S.